The molecule has 1 N–H and O–H groups in total. The lowest BCUT2D eigenvalue weighted by molar-refractivity contribution is -0.963. The fourth-order valence-electron chi connectivity index (χ4n) is 6.62. The highest BCUT2D eigenvalue weighted by Crippen LogP contribution is 2.28. The van der Waals surface area contributed by atoms with Crippen LogP contribution in [0.15, 0.2) is 72.8 Å². The van der Waals surface area contributed by atoms with Gasteiger partial charge in [-0.05, 0) is 82.3 Å². The Labute approximate surface area is 241 Å². The van der Waals surface area contributed by atoms with Crippen molar-refractivity contribution >= 4 is 16.7 Å². The molecule has 1 amide bonds. The highest BCUT2D eigenvalue weighted by molar-refractivity contribution is 6.01. The zero-order valence-electron chi connectivity index (χ0n) is 25.6. The van der Waals surface area contributed by atoms with Gasteiger partial charge in [0.25, 0.3) is 5.91 Å². The SMILES string of the molecule is CCCC(NC(=O)c1ccc2ccccc2c1Cc1cc(C)cc(C)c1)[N+](CC)(CC)Cc1cc(C)cc(C)c1. The van der Waals surface area contributed by atoms with Crippen LogP contribution < -0.4 is 5.32 Å². The van der Waals surface area contributed by atoms with Crippen molar-refractivity contribution in [1.29, 1.82) is 0 Å². The predicted octanol–water partition coefficient (Wildman–Crippen LogP) is 8.58. The van der Waals surface area contributed by atoms with Gasteiger partial charge in [-0.2, -0.15) is 0 Å². The molecule has 4 aromatic carbocycles. The van der Waals surface area contributed by atoms with E-state index in [1.54, 1.807) is 0 Å². The van der Waals surface area contributed by atoms with Crippen LogP contribution in [0.2, 0.25) is 0 Å². The van der Waals surface area contributed by atoms with E-state index in [1.165, 1.54) is 38.8 Å². The maximum absolute atomic E-state index is 14.2. The van der Waals surface area contributed by atoms with Gasteiger partial charge in [0.1, 0.15) is 6.54 Å². The summed E-state index contributed by atoms with van der Waals surface area (Å²) in [7, 11) is 0. The number of nitrogens with zero attached hydrogens (tertiary/aromatic N) is 1. The number of hydrogen-bond donors (Lipinski definition) is 1. The van der Waals surface area contributed by atoms with Crippen molar-refractivity contribution in [2.24, 2.45) is 0 Å². The number of rotatable bonds is 11. The van der Waals surface area contributed by atoms with Gasteiger partial charge >= 0.3 is 0 Å². The van der Waals surface area contributed by atoms with Crippen molar-refractivity contribution in [1.82, 2.24) is 5.32 Å². The molecule has 4 rings (SSSR count). The molecule has 0 saturated carbocycles. The van der Waals surface area contributed by atoms with Crippen molar-refractivity contribution in [2.75, 3.05) is 13.1 Å². The number of benzene rings is 4. The van der Waals surface area contributed by atoms with Crippen molar-refractivity contribution in [3.8, 4) is 0 Å². The molecule has 0 aliphatic heterocycles. The summed E-state index contributed by atoms with van der Waals surface area (Å²) in [5.74, 6) is 0.0356. The minimum absolute atomic E-state index is 0.0356. The van der Waals surface area contributed by atoms with Gasteiger partial charge in [0, 0.05) is 17.5 Å². The summed E-state index contributed by atoms with van der Waals surface area (Å²) >= 11 is 0. The number of carbonyl (C=O) groups excluding carboxylic acids is 1. The van der Waals surface area contributed by atoms with Crippen molar-refractivity contribution in [3.05, 3.63) is 117 Å². The molecule has 0 aromatic heterocycles. The normalized spacial score (nSPS) is 12.5. The Balaban J connectivity index is 1.73. The average Bonchev–Trinajstić information content (AvgIpc) is 2.90. The number of carbonyl (C=O) groups is 1. The second kappa shape index (κ2) is 12.8. The van der Waals surface area contributed by atoms with Gasteiger partial charge in [0.05, 0.1) is 13.1 Å². The Morgan fingerprint density at radius 3 is 1.90 bits per heavy atom. The number of aryl methyl sites for hydroxylation is 4. The third-order valence-corrected chi connectivity index (χ3v) is 8.51. The quantitative estimate of drug-likeness (QED) is 0.151. The van der Waals surface area contributed by atoms with Crippen LogP contribution >= 0.6 is 0 Å². The zero-order valence-corrected chi connectivity index (χ0v) is 25.6. The van der Waals surface area contributed by atoms with E-state index >= 15 is 0 Å². The second-order valence-corrected chi connectivity index (χ2v) is 11.8. The summed E-state index contributed by atoms with van der Waals surface area (Å²) < 4.78 is 0.836. The number of nitrogens with one attached hydrogen (secondary N) is 1. The van der Waals surface area contributed by atoms with Crippen LogP contribution in [0.1, 0.15) is 82.9 Å². The van der Waals surface area contributed by atoms with Gasteiger partial charge in [-0.3, -0.25) is 4.79 Å². The molecule has 0 fully saturated rings. The minimum Gasteiger partial charge on any atom is -0.303 e. The molecule has 1 atom stereocenters. The standard InChI is InChI=1S/C37H46N2O/c1-8-13-36(39(9-2,10-3)25-31-22-28(6)19-29(7)23-31)38-37(40)34-17-16-32-14-11-12-15-33(32)35(34)24-30-20-26(4)18-27(5)21-30/h11-12,14-23,36H,8-10,13,24-25H2,1-7H3/p+1. The van der Waals surface area contributed by atoms with E-state index in [-0.39, 0.29) is 12.1 Å². The molecule has 1 unspecified atom stereocenters. The van der Waals surface area contributed by atoms with E-state index in [1.807, 2.05) is 6.07 Å². The molecule has 0 aliphatic carbocycles. The smallest absolute Gasteiger partial charge is 0.256 e. The fourth-order valence-corrected chi connectivity index (χ4v) is 6.62. The maximum Gasteiger partial charge on any atom is 0.256 e. The average molecular weight is 536 g/mol. The fraction of sp³-hybridized carbons (Fsp3) is 0.378. The van der Waals surface area contributed by atoms with E-state index in [2.05, 4.69) is 121 Å². The molecular weight excluding hydrogens is 488 g/mol. The van der Waals surface area contributed by atoms with Gasteiger partial charge in [-0.15, -0.1) is 0 Å². The molecule has 3 heteroatoms. The molecule has 40 heavy (non-hydrogen) atoms. The van der Waals surface area contributed by atoms with Crippen LogP contribution in [0.25, 0.3) is 10.8 Å². The van der Waals surface area contributed by atoms with E-state index in [0.717, 1.165) is 59.9 Å². The van der Waals surface area contributed by atoms with Crippen LogP contribution in [0, 0.1) is 27.7 Å². The number of amides is 1. The van der Waals surface area contributed by atoms with E-state index in [0.29, 0.717) is 0 Å². The lowest BCUT2D eigenvalue weighted by Crippen LogP contribution is -2.61. The molecule has 0 radical (unpaired) electrons. The highest BCUT2D eigenvalue weighted by atomic mass is 16.2. The summed E-state index contributed by atoms with van der Waals surface area (Å²) in [6.07, 6.45) is 2.73. The first-order valence-corrected chi connectivity index (χ1v) is 15.0. The summed E-state index contributed by atoms with van der Waals surface area (Å²) in [5.41, 5.74) is 9.58. The van der Waals surface area contributed by atoms with Gasteiger partial charge < -0.3 is 9.80 Å². The largest absolute Gasteiger partial charge is 0.303 e. The Morgan fingerprint density at radius 1 is 0.750 bits per heavy atom. The van der Waals surface area contributed by atoms with Gasteiger partial charge in [0.15, 0.2) is 6.17 Å². The lowest BCUT2D eigenvalue weighted by atomic mass is 9.92. The summed E-state index contributed by atoms with van der Waals surface area (Å²) in [6, 6.07) is 26.1. The van der Waals surface area contributed by atoms with Crippen LogP contribution in [-0.4, -0.2) is 29.6 Å². The monoisotopic (exact) mass is 535 g/mol. The Bertz CT molecular complexity index is 1440. The highest BCUT2D eigenvalue weighted by Gasteiger charge is 2.35. The predicted molar refractivity (Wildman–Crippen MR) is 170 cm³/mol. The number of quaternary nitrogens is 1. The lowest BCUT2D eigenvalue weighted by Gasteiger charge is -2.44. The Hall–Kier alpha value is -3.43. The van der Waals surface area contributed by atoms with Crippen molar-refractivity contribution in [3.63, 3.8) is 0 Å². The molecule has 210 valence electrons. The molecule has 3 nitrogen and oxygen atoms in total. The Kier molecular flexibility index (Phi) is 9.48. The van der Waals surface area contributed by atoms with Crippen LogP contribution in [-0.2, 0) is 13.0 Å². The minimum atomic E-state index is 0.0356. The van der Waals surface area contributed by atoms with E-state index in [9.17, 15) is 4.79 Å². The van der Waals surface area contributed by atoms with Gasteiger partial charge in [0.2, 0.25) is 0 Å². The van der Waals surface area contributed by atoms with Crippen LogP contribution in [0.4, 0.5) is 0 Å². The molecule has 0 aliphatic rings. The van der Waals surface area contributed by atoms with Crippen LogP contribution in [0.5, 0.6) is 0 Å². The molecular formula is C37H47N2O+. The third-order valence-electron chi connectivity index (χ3n) is 8.51. The summed E-state index contributed by atoms with van der Waals surface area (Å²) in [4.78, 5) is 14.2. The summed E-state index contributed by atoms with van der Waals surface area (Å²) in [6.45, 7) is 18.2. The number of fused-ring (bicyclic) bond motifs is 1. The number of hydrogen-bond acceptors (Lipinski definition) is 1. The molecule has 0 bridgehead atoms. The van der Waals surface area contributed by atoms with Gasteiger partial charge in [-0.1, -0.05) is 95.9 Å². The van der Waals surface area contributed by atoms with E-state index < -0.39 is 0 Å². The van der Waals surface area contributed by atoms with Crippen LogP contribution in [0.3, 0.4) is 0 Å². The van der Waals surface area contributed by atoms with Crippen molar-refractivity contribution < 1.29 is 9.28 Å². The van der Waals surface area contributed by atoms with Gasteiger partial charge in [-0.25, -0.2) is 0 Å². The molecule has 4 aromatic rings. The maximum atomic E-state index is 14.2. The molecule has 0 heterocycles. The van der Waals surface area contributed by atoms with E-state index in [4.69, 9.17) is 0 Å². The van der Waals surface area contributed by atoms with Crippen molar-refractivity contribution in [2.45, 2.75) is 80.4 Å². The second-order valence-electron chi connectivity index (χ2n) is 11.8. The first-order valence-electron chi connectivity index (χ1n) is 15.0. The Morgan fingerprint density at radius 2 is 1.32 bits per heavy atom. The topological polar surface area (TPSA) is 29.1 Å². The molecule has 0 spiro atoms. The summed E-state index contributed by atoms with van der Waals surface area (Å²) in [5, 5.41) is 5.90. The molecule has 0 saturated heterocycles. The first-order chi connectivity index (χ1) is 19.2. The first kappa shape index (κ1) is 29.6. The third kappa shape index (κ3) is 6.64. The zero-order chi connectivity index (χ0) is 28.9.